The predicted molar refractivity (Wildman–Crippen MR) is 160 cm³/mol. The molecule has 2 amide bonds. The lowest BCUT2D eigenvalue weighted by molar-refractivity contribution is -0.135. The Labute approximate surface area is 237 Å². The molecule has 40 heavy (non-hydrogen) atoms. The van der Waals surface area contributed by atoms with Gasteiger partial charge in [-0.15, -0.1) is 0 Å². The second kappa shape index (κ2) is 12.9. The first-order valence-electron chi connectivity index (χ1n) is 14.6. The highest BCUT2D eigenvalue weighted by Crippen LogP contribution is 2.26. The number of aryl methyl sites for hydroxylation is 3. The maximum absolute atomic E-state index is 14.0. The number of para-hydroxylation sites is 2. The largest absolute Gasteiger partial charge is 0.352 e. The minimum absolute atomic E-state index is 0.0507. The van der Waals surface area contributed by atoms with Gasteiger partial charge in [0.05, 0.1) is 11.0 Å². The van der Waals surface area contributed by atoms with Crippen molar-refractivity contribution in [3.05, 3.63) is 101 Å². The molecule has 3 aromatic carbocycles. The standard InChI is InChI=1S/C34H40N4O2/c1-25-19-20-29(26(2)22-25)34(40)35-21-11-18-32-36-30-16-9-10-17-31(30)38(32)24-33(39)37(28-14-7-4-8-15-28)23-27-12-5-3-6-13-27/h3,5-6,9-10,12-13,16-17,19-20,22,28H,4,7-8,11,14-15,18,21,23-24H2,1-2H3,(H,35,40). The van der Waals surface area contributed by atoms with Gasteiger partial charge < -0.3 is 14.8 Å². The van der Waals surface area contributed by atoms with E-state index in [1.807, 2.05) is 74.5 Å². The van der Waals surface area contributed by atoms with Crippen LogP contribution in [-0.2, 0) is 24.3 Å². The molecule has 0 saturated heterocycles. The van der Waals surface area contributed by atoms with Crippen LogP contribution in [0.4, 0.5) is 0 Å². The first-order chi connectivity index (χ1) is 19.5. The van der Waals surface area contributed by atoms with E-state index in [1.165, 1.54) is 19.3 Å². The number of nitrogens with zero attached hydrogens (tertiary/aromatic N) is 3. The molecule has 0 bridgehead atoms. The van der Waals surface area contributed by atoms with E-state index in [0.29, 0.717) is 25.1 Å². The highest BCUT2D eigenvalue weighted by Gasteiger charge is 2.27. The molecule has 4 aromatic rings. The minimum atomic E-state index is -0.0507. The van der Waals surface area contributed by atoms with Gasteiger partial charge in [-0.25, -0.2) is 4.98 Å². The number of benzene rings is 3. The lowest BCUT2D eigenvalue weighted by atomic mass is 9.93. The number of aromatic nitrogens is 2. The van der Waals surface area contributed by atoms with Crippen LogP contribution in [-0.4, -0.2) is 38.9 Å². The van der Waals surface area contributed by atoms with E-state index in [0.717, 1.165) is 52.8 Å². The van der Waals surface area contributed by atoms with Crippen molar-refractivity contribution in [1.29, 1.82) is 0 Å². The lowest BCUT2D eigenvalue weighted by Crippen LogP contribution is -2.42. The Morgan fingerprint density at radius 2 is 1.70 bits per heavy atom. The molecule has 1 aromatic heterocycles. The number of amides is 2. The molecule has 1 heterocycles. The summed E-state index contributed by atoms with van der Waals surface area (Å²) in [6.07, 6.45) is 7.15. The Morgan fingerprint density at radius 1 is 0.950 bits per heavy atom. The number of hydrogen-bond donors (Lipinski definition) is 1. The summed E-state index contributed by atoms with van der Waals surface area (Å²) < 4.78 is 2.09. The number of rotatable bonds is 10. The quantitative estimate of drug-likeness (QED) is 0.239. The molecule has 1 aliphatic rings. The van der Waals surface area contributed by atoms with E-state index in [1.54, 1.807) is 0 Å². The van der Waals surface area contributed by atoms with E-state index in [4.69, 9.17) is 4.98 Å². The van der Waals surface area contributed by atoms with Gasteiger partial charge in [0.1, 0.15) is 12.4 Å². The highest BCUT2D eigenvalue weighted by molar-refractivity contribution is 5.95. The Morgan fingerprint density at radius 3 is 2.48 bits per heavy atom. The van der Waals surface area contributed by atoms with Crippen LogP contribution in [0.1, 0.15) is 71.4 Å². The fraction of sp³-hybridized carbons (Fsp3) is 0.382. The van der Waals surface area contributed by atoms with Gasteiger partial charge in [0, 0.05) is 31.1 Å². The third kappa shape index (κ3) is 6.61. The van der Waals surface area contributed by atoms with Gasteiger partial charge in [-0.05, 0) is 62.4 Å². The maximum atomic E-state index is 14.0. The summed E-state index contributed by atoms with van der Waals surface area (Å²) in [5.41, 5.74) is 5.89. The Bertz CT molecular complexity index is 1450. The molecule has 1 saturated carbocycles. The highest BCUT2D eigenvalue weighted by atomic mass is 16.2. The van der Waals surface area contributed by atoms with Gasteiger partial charge >= 0.3 is 0 Å². The average molecular weight is 537 g/mol. The molecule has 6 nitrogen and oxygen atoms in total. The molecule has 0 atom stereocenters. The lowest BCUT2D eigenvalue weighted by Gasteiger charge is -2.35. The molecule has 0 spiro atoms. The van der Waals surface area contributed by atoms with Crippen LogP contribution in [0.2, 0.25) is 0 Å². The molecule has 1 fully saturated rings. The van der Waals surface area contributed by atoms with Crippen molar-refractivity contribution in [2.24, 2.45) is 0 Å². The number of carbonyl (C=O) groups is 2. The first kappa shape index (κ1) is 27.6. The van der Waals surface area contributed by atoms with Crippen molar-refractivity contribution in [1.82, 2.24) is 19.8 Å². The molecule has 0 aliphatic heterocycles. The number of nitrogens with one attached hydrogen (secondary N) is 1. The van der Waals surface area contributed by atoms with Crippen molar-refractivity contribution < 1.29 is 9.59 Å². The summed E-state index contributed by atoms with van der Waals surface area (Å²) in [7, 11) is 0. The van der Waals surface area contributed by atoms with E-state index in [9.17, 15) is 9.59 Å². The van der Waals surface area contributed by atoms with Gasteiger partial charge in [0.15, 0.2) is 0 Å². The Hall–Kier alpha value is -3.93. The zero-order chi connectivity index (χ0) is 27.9. The van der Waals surface area contributed by atoms with Crippen molar-refractivity contribution in [2.45, 2.75) is 77.9 Å². The summed E-state index contributed by atoms with van der Waals surface area (Å²) in [5, 5.41) is 3.06. The van der Waals surface area contributed by atoms with Crippen molar-refractivity contribution in [3.63, 3.8) is 0 Å². The van der Waals surface area contributed by atoms with Gasteiger partial charge in [-0.1, -0.05) is 79.4 Å². The van der Waals surface area contributed by atoms with Gasteiger partial charge in [-0.2, -0.15) is 0 Å². The Kier molecular flexibility index (Phi) is 8.94. The average Bonchev–Trinajstić information content (AvgIpc) is 3.31. The second-order valence-electron chi connectivity index (χ2n) is 11.1. The SMILES string of the molecule is Cc1ccc(C(=O)NCCCc2nc3ccccc3n2CC(=O)N(Cc2ccccc2)C2CCCCC2)c(C)c1. The maximum Gasteiger partial charge on any atom is 0.251 e. The van der Waals surface area contributed by atoms with E-state index in [-0.39, 0.29) is 24.4 Å². The van der Waals surface area contributed by atoms with E-state index in [2.05, 4.69) is 26.9 Å². The van der Waals surface area contributed by atoms with Crippen LogP contribution in [0.3, 0.4) is 0 Å². The summed E-state index contributed by atoms with van der Waals surface area (Å²) in [6.45, 7) is 5.45. The third-order valence-electron chi connectivity index (χ3n) is 8.05. The fourth-order valence-electron chi connectivity index (χ4n) is 5.92. The first-order valence-corrected chi connectivity index (χ1v) is 14.6. The zero-order valence-electron chi connectivity index (χ0n) is 23.7. The molecule has 1 aliphatic carbocycles. The molecule has 208 valence electrons. The molecule has 1 N–H and O–H groups in total. The number of hydrogen-bond acceptors (Lipinski definition) is 3. The molecule has 0 unspecified atom stereocenters. The van der Waals surface area contributed by atoms with Crippen LogP contribution in [0.25, 0.3) is 11.0 Å². The number of carbonyl (C=O) groups excluding carboxylic acids is 2. The number of imidazole rings is 1. The molecular formula is C34H40N4O2. The van der Waals surface area contributed by atoms with E-state index >= 15 is 0 Å². The molecule has 5 rings (SSSR count). The second-order valence-corrected chi connectivity index (χ2v) is 11.1. The smallest absolute Gasteiger partial charge is 0.251 e. The van der Waals surface area contributed by atoms with Crippen LogP contribution < -0.4 is 5.32 Å². The fourth-order valence-corrected chi connectivity index (χ4v) is 5.92. The van der Waals surface area contributed by atoms with Gasteiger partial charge in [0.25, 0.3) is 5.91 Å². The Balaban J connectivity index is 1.30. The normalized spacial score (nSPS) is 13.8. The topological polar surface area (TPSA) is 67.2 Å². The van der Waals surface area contributed by atoms with Crippen LogP contribution in [0.15, 0.2) is 72.8 Å². The van der Waals surface area contributed by atoms with Gasteiger partial charge in [0.2, 0.25) is 5.91 Å². The molecule has 0 radical (unpaired) electrons. The summed E-state index contributed by atoms with van der Waals surface area (Å²) >= 11 is 0. The summed E-state index contributed by atoms with van der Waals surface area (Å²) in [6, 6.07) is 24.5. The zero-order valence-corrected chi connectivity index (χ0v) is 23.7. The third-order valence-corrected chi connectivity index (χ3v) is 8.05. The number of fused-ring (bicyclic) bond motifs is 1. The van der Waals surface area contributed by atoms with E-state index < -0.39 is 0 Å². The molecular weight excluding hydrogens is 496 g/mol. The predicted octanol–water partition coefficient (Wildman–Crippen LogP) is 6.38. The molecule has 6 heteroatoms. The van der Waals surface area contributed by atoms with Crippen LogP contribution in [0, 0.1) is 13.8 Å². The minimum Gasteiger partial charge on any atom is -0.352 e. The summed E-state index contributed by atoms with van der Waals surface area (Å²) in [4.78, 5) is 33.7. The van der Waals surface area contributed by atoms with Crippen LogP contribution >= 0.6 is 0 Å². The summed E-state index contributed by atoms with van der Waals surface area (Å²) in [5.74, 6) is 0.979. The van der Waals surface area contributed by atoms with Crippen molar-refractivity contribution in [3.8, 4) is 0 Å². The van der Waals surface area contributed by atoms with Crippen LogP contribution in [0.5, 0.6) is 0 Å². The van der Waals surface area contributed by atoms with Crippen molar-refractivity contribution in [2.75, 3.05) is 6.54 Å². The van der Waals surface area contributed by atoms with Gasteiger partial charge in [-0.3, -0.25) is 9.59 Å². The monoisotopic (exact) mass is 536 g/mol. The van der Waals surface area contributed by atoms with Crippen molar-refractivity contribution >= 4 is 22.8 Å².